The highest BCUT2D eigenvalue weighted by Gasteiger charge is 2.22. The zero-order chi connectivity index (χ0) is 21.1. The first-order valence-electron chi connectivity index (χ1n) is 10.3. The molecule has 0 bridgehead atoms. The smallest absolute Gasteiger partial charge is 0.272 e. The molecule has 1 unspecified atom stereocenters. The minimum atomic E-state index is -0.0822. The number of rotatable bonds is 8. The molecule has 0 radical (unpaired) electrons. The molecule has 1 aliphatic heterocycles. The Bertz CT molecular complexity index is 1100. The number of ether oxygens (including phenoxy) is 1. The molecule has 9 heteroatoms. The molecule has 1 N–H and O–H groups in total. The first-order chi connectivity index (χ1) is 14.5. The number of thioether (sulfide) groups is 1. The van der Waals surface area contributed by atoms with Crippen molar-refractivity contribution in [1.82, 2.24) is 19.9 Å². The predicted molar refractivity (Wildman–Crippen MR) is 121 cm³/mol. The molecule has 1 atom stereocenters. The van der Waals surface area contributed by atoms with Crippen LogP contribution < -0.4 is 10.9 Å². The maximum atomic E-state index is 13.3. The number of pyridine rings is 1. The van der Waals surface area contributed by atoms with Crippen molar-refractivity contribution in [2.75, 3.05) is 18.9 Å². The van der Waals surface area contributed by atoms with Gasteiger partial charge in [0.25, 0.3) is 5.56 Å². The van der Waals surface area contributed by atoms with Crippen LogP contribution in [0.15, 0.2) is 28.3 Å². The molecular formula is C21H26N4O3S2. The Morgan fingerprint density at radius 2 is 2.33 bits per heavy atom. The van der Waals surface area contributed by atoms with E-state index < -0.39 is 0 Å². The van der Waals surface area contributed by atoms with Crippen LogP contribution >= 0.6 is 23.1 Å². The summed E-state index contributed by atoms with van der Waals surface area (Å²) in [6.45, 7) is 6.10. The van der Waals surface area contributed by atoms with Crippen LogP contribution in [0, 0.1) is 5.92 Å². The zero-order valence-corrected chi connectivity index (χ0v) is 18.9. The molecular weight excluding hydrogens is 420 g/mol. The maximum absolute atomic E-state index is 13.3. The van der Waals surface area contributed by atoms with E-state index in [2.05, 4.69) is 24.1 Å². The molecule has 7 nitrogen and oxygen atoms in total. The molecule has 1 amide bonds. The van der Waals surface area contributed by atoms with Crippen LogP contribution in [0.1, 0.15) is 33.1 Å². The Balaban J connectivity index is 1.63. The highest BCUT2D eigenvalue weighted by molar-refractivity contribution is 7.99. The van der Waals surface area contributed by atoms with Gasteiger partial charge in [0, 0.05) is 24.7 Å². The summed E-state index contributed by atoms with van der Waals surface area (Å²) < 4.78 is 8.04. The zero-order valence-electron chi connectivity index (χ0n) is 17.2. The van der Waals surface area contributed by atoms with E-state index >= 15 is 0 Å². The molecule has 30 heavy (non-hydrogen) atoms. The lowest BCUT2D eigenvalue weighted by Crippen LogP contribution is -2.30. The SMILES string of the molecule is CC(C)CCNC(=O)CSc1nc2c(sc3ncccc32)c(=O)n1CC1CCCO1. The molecule has 0 saturated carbocycles. The summed E-state index contributed by atoms with van der Waals surface area (Å²) in [4.78, 5) is 35.6. The van der Waals surface area contributed by atoms with Crippen molar-refractivity contribution in [3.05, 3.63) is 28.7 Å². The van der Waals surface area contributed by atoms with E-state index in [0.717, 1.165) is 36.1 Å². The van der Waals surface area contributed by atoms with Gasteiger partial charge in [0.15, 0.2) is 5.16 Å². The molecule has 0 aromatic carbocycles. The fourth-order valence-electron chi connectivity index (χ4n) is 3.49. The Morgan fingerprint density at radius 1 is 1.47 bits per heavy atom. The lowest BCUT2D eigenvalue weighted by atomic mass is 10.1. The van der Waals surface area contributed by atoms with E-state index in [-0.39, 0.29) is 23.3 Å². The van der Waals surface area contributed by atoms with Crippen molar-refractivity contribution < 1.29 is 9.53 Å². The van der Waals surface area contributed by atoms with Gasteiger partial charge in [-0.1, -0.05) is 25.6 Å². The van der Waals surface area contributed by atoms with Crippen molar-refractivity contribution >= 4 is 49.4 Å². The highest BCUT2D eigenvalue weighted by atomic mass is 32.2. The molecule has 160 valence electrons. The summed E-state index contributed by atoms with van der Waals surface area (Å²) in [5.41, 5.74) is 0.584. The Morgan fingerprint density at radius 3 is 3.10 bits per heavy atom. The number of nitrogens with zero attached hydrogens (tertiary/aromatic N) is 3. The number of carbonyl (C=O) groups excluding carboxylic acids is 1. The molecule has 1 fully saturated rings. The van der Waals surface area contributed by atoms with Crippen molar-refractivity contribution in [2.45, 2.75) is 50.9 Å². The second-order valence-corrected chi connectivity index (χ2v) is 9.84. The third-order valence-corrected chi connectivity index (χ3v) is 7.17. The number of hydrogen-bond acceptors (Lipinski definition) is 7. The topological polar surface area (TPSA) is 86.1 Å². The van der Waals surface area contributed by atoms with Crippen LogP contribution in [0.3, 0.4) is 0 Å². The van der Waals surface area contributed by atoms with Gasteiger partial charge in [-0.25, -0.2) is 9.97 Å². The molecule has 1 saturated heterocycles. The first-order valence-corrected chi connectivity index (χ1v) is 12.1. The average molecular weight is 447 g/mol. The van der Waals surface area contributed by atoms with Gasteiger partial charge >= 0.3 is 0 Å². The largest absolute Gasteiger partial charge is 0.376 e. The summed E-state index contributed by atoms with van der Waals surface area (Å²) in [5, 5.41) is 4.38. The average Bonchev–Trinajstić information content (AvgIpc) is 3.36. The van der Waals surface area contributed by atoms with Gasteiger partial charge in [0.2, 0.25) is 5.91 Å². The van der Waals surface area contributed by atoms with Crippen LogP contribution in [-0.4, -0.2) is 45.5 Å². The first kappa shape index (κ1) is 21.3. The second kappa shape index (κ2) is 9.45. The minimum absolute atomic E-state index is 0.00803. The van der Waals surface area contributed by atoms with E-state index in [1.807, 2.05) is 12.1 Å². The Kier molecular flexibility index (Phi) is 6.70. The molecule has 3 aromatic rings. The van der Waals surface area contributed by atoms with Crippen molar-refractivity contribution in [3.8, 4) is 0 Å². The fraction of sp³-hybridized carbons (Fsp3) is 0.524. The third-order valence-electron chi connectivity index (χ3n) is 5.10. The lowest BCUT2D eigenvalue weighted by molar-refractivity contribution is -0.118. The number of aromatic nitrogens is 3. The summed E-state index contributed by atoms with van der Waals surface area (Å²) in [5.74, 6) is 0.719. The summed E-state index contributed by atoms with van der Waals surface area (Å²) in [6.07, 6.45) is 4.60. The van der Waals surface area contributed by atoms with Crippen LogP contribution in [-0.2, 0) is 16.1 Å². The van der Waals surface area contributed by atoms with E-state index in [1.54, 1.807) is 10.8 Å². The van der Waals surface area contributed by atoms with Crippen molar-refractivity contribution in [3.63, 3.8) is 0 Å². The Hall–Kier alpha value is -1.97. The monoisotopic (exact) mass is 446 g/mol. The summed E-state index contributed by atoms with van der Waals surface area (Å²) in [6, 6.07) is 3.79. The second-order valence-electron chi connectivity index (χ2n) is 7.90. The lowest BCUT2D eigenvalue weighted by Gasteiger charge is -2.15. The van der Waals surface area contributed by atoms with Gasteiger partial charge in [-0.15, -0.1) is 11.3 Å². The van der Waals surface area contributed by atoms with Gasteiger partial charge in [0.1, 0.15) is 9.53 Å². The Labute approximate surface area is 183 Å². The van der Waals surface area contributed by atoms with Gasteiger partial charge in [-0.05, 0) is 37.3 Å². The van der Waals surface area contributed by atoms with Crippen LogP contribution in [0.4, 0.5) is 0 Å². The number of hydrogen-bond donors (Lipinski definition) is 1. The van der Waals surface area contributed by atoms with Crippen molar-refractivity contribution in [1.29, 1.82) is 0 Å². The molecule has 4 heterocycles. The number of carbonyl (C=O) groups is 1. The minimum Gasteiger partial charge on any atom is -0.376 e. The molecule has 0 aliphatic carbocycles. The van der Waals surface area contributed by atoms with Gasteiger partial charge in [0.05, 0.1) is 23.9 Å². The van der Waals surface area contributed by atoms with Gasteiger partial charge in [-0.3, -0.25) is 14.2 Å². The van der Waals surface area contributed by atoms with Crippen molar-refractivity contribution in [2.24, 2.45) is 5.92 Å². The van der Waals surface area contributed by atoms with Crippen LogP contribution in [0.25, 0.3) is 20.4 Å². The number of fused-ring (bicyclic) bond motifs is 3. The summed E-state index contributed by atoms with van der Waals surface area (Å²) in [7, 11) is 0. The van der Waals surface area contributed by atoms with E-state index in [4.69, 9.17) is 9.72 Å². The van der Waals surface area contributed by atoms with E-state index in [9.17, 15) is 9.59 Å². The molecule has 3 aromatic heterocycles. The third kappa shape index (κ3) is 4.68. The highest BCUT2D eigenvalue weighted by Crippen LogP contribution is 2.30. The van der Waals surface area contributed by atoms with Gasteiger partial charge < -0.3 is 10.1 Å². The quantitative estimate of drug-likeness (QED) is 0.421. The number of thiophene rings is 1. The normalized spacial score (nSPS) is 16.7. The number of nitrogens with one attached hydrogen (secondary N) is 1. The predicted octanol–water partition coefficient (Wildman–Crippen LogP) is 3.44. The van der Waals surface area contributed by atoms with Crippen LogP contribution in [0.2, 0.25) is 0 Å². The molecule has 1 aliphatic rings. The maximum Gasteiger partial charge on any atom is 0.272 e. The van der Waals surface area contributed by atoms with E-state index in [1.165, 1.54) is 23.1 Å². The fourth-order valence-corrected chi connectivity index (χ4v) is 5.35. The van der Waals surface area contributed by atoms with E-state index in [0.29, 0.717) is 34.4 Å². The van der Waals surface area contributed by atoms with Crippen LogP contribution in [0.5, 0.6) is 0 Å². The van der Waals surface area contributed by atoms with Gasteiger partial charge in [-0.2, -0.15) is 0 Å². The molecule has 4 rings (SSSR count). The number of amides is 1. The standard InChI is InChI=1S/C21H26N4O3S2/c1-13(2)7-9-22-16(26)12-29-21-24-17-15-6-3-8-23-19(15)30-18(17)20(27)25(21)11-14-5-4-10-28-14/h3,6,8,13-14H,4-5,7,9-12H2,1-2H3,(H,22,26). The molecule has 0 spiro atoms. The summed E-state index contributed by atoms with van der Waals surface area (Å²) >= 11 is 2.68.